The molecule has 3 heterocycles. The fourth-order valence-corrected chi connectivity index (χ4v) is 6.76. The van der Waals surface area contributed by atoms with Gasteiger partial charge in [-0.05, 0) is 82.9 Å². The number of Topliss-reactive ketones (excluding diaryl/α,β-unsaturated/α-hetero) is 1. The van der Waals surface area contributed by atoms with Gasteiger partial charge in [0.25, 0.3) is 0 Å². The summed E-state index contributed by atoms with van der Waals surface area (Å²) in [5, 5.41) is 8.84. The smallest absolute Gasteiger partial charge is 0.245 e. The van der Waals surface area contributed by atoms with Gasteiger partial charge in [0.15, 0.2) is 5.78 Å². The first kappa shape index (κ1) is 28.5. The largest absolute Gasteiger partial charge is 0.350 e. The third-order valence-electron chi connectivity index (χ3n) is 8.48. The van der Waals surface area contributed by atoms with Crippen molar-refractivity contribution in [2.24, 2.45) is 5.41 Å². The van der Waals surface area contributed by atoms with Crippen LogP contribution in [0.5, 0.6) is 0 Å². The molecular formula is C31H30BrClN6O3. The van der Waals surface area contributed by atoms with Gasteiger partial charge in [-0.1, -0.05) is 30.7 Å². The summed E-state index contributed by atoms with van der Waals surface area (Å²) in [6.45, 7) is 7.57. The molecule has 42 heavy (non-hydrogen) atoms. The summed E-state index contributed by atoms with van der Waals surface area (Å²) in [4.78, 5) is 50.3. The van der Waals surface area contributed by atoms with Gasteiger partial charge in [0.2, 0.25) is 11.8 Å². The fraction of sp³-hybridized carbons (Fsp3) is 0.355. The number of carbonyl (C=O) groups is 3. The topological polar surface area (TPSA) is 110 Å². The van der Waals surface area contributed by atoms with Crippen molar-refractivity contribution in [3.8, 4) is 11.1 Å². The number of aromatic nitrogens is 4. The number of likely N-dealkylation sites (tertiary alicyclic amines) is 1. The Labute approximate surface area is 256 Å². The summed E-state index contributed by atoms with van der Waals surface area (Å²) in [5.41, 5.74) is 4.36. The van der Waals surface area contributed by atoms with Crippen LogP contribution in [0.1, 0.15) is 54.1 Å². The highest BCUT2D eigenvalue weighted by Gasteiger charge is 2.64. The first-order valence-corrected chi connectivity index (χ1v) is 15.0. The van der Waals surface area contributed by atoms with Crippen molar-refractivity contribution < 1.29 is 14.4 Å². The second-order valence-corrected chi connectivity index (χ2v) is 12.8. The maximum absolute atomic E-state index is 13.9. The molecule has 1 aliphatic heterocycles. The summed E-state index contributed by atoms with van der Waals surface area (Å²) < 4.78 is 2.34. The van der Waals surface area contributed by atoms with Gasteiger partial charge in [0, 0.05) is 47.3 Å². The molecule has 0 bridgehead atoms. The molecule has 9 nitrogen and oxygen atoms in total. The molecule has 2 aliphatic rings. The molecular weight excluding hydrogens is 620 g/mol. The predicted molar refractivity (Wildman–Crippen MR) is 163 cm³/mol. The Balaban J connectivity index is 1.28. The molecule has 1 aliphatic carbocycles. The normalized spacial score (nSPS) is 21.0. The van der Waals surface area contributed by atoms with E-state index in [4.69, 9.17) is 11.6 Å². The molecule has 11 heteroatoms. The highest BCUT2D eigenvalue weighted by molar-refractivity contribution is 9.10. The number of hydrogen-bond donors (Lipinski definition) is 1. The first-order valence-electron chi connectivity index (χ1n) is 13.8. The molecule has 6 rings (SSSR count). The van der Waals surface area contributed by atoms with Crippen LogP contribution >= 0.6 is 27.5 Å². The predicted octanol–water partition coefficient (Wildman–Crippen LogP) is 5.42. The Bertz CT molecular complexity index is 1770. The quantitative estimate of drug-likeness (QED) is 0.268. The molecule has 0 spiro atoms. The van der Waals surface area contributed by atoms with Gasteiger partial charge in [-0.15, -0.1) is 0 Å². The van der Waals surface area contributed by atoms with Gasteiger partial charge < -0.3 is 10.2 Å². The summed E-state index contributed by atoms with van der Waals surface area (Å²) in [6, 6.07) is 8.81. The SMILES string of the molecule is CC(=O)c1nn(CC(=O)N2[C@H](C(=O)NCc3cccc(Cl)c3Br)C[C@@]3(C)C[C@@H]23)c2c(C)cc(-c3cnc(C)nc3)cc12. The Morgan fingerprint density at radius 2 is 1.86 bits per heavy atom. The van der Waals surface area contributed by atoms with Gasteiger partial charge in [-0.25, -0.2) is 9.97 Å². The number of piperidine rings is 1. The van der Waals surface area contributed by atoms with E-state index in [9.17, 15) is 14.4 Å². The lowest BCUT2D eigenvalue weighted by molar-refractivity contribution is -0.140. The number of nitrogens with one attached hydrogen (secondary N) is 1. The molecule has 0 unspecified atom stereocenters. The minimum Gasteiger partial charge on any atom is -0.350 e. The molecule has 0 radical (unpaired) electrons. The number of benzene rings is 2. The maximum Gasteiger partial charge on any atom is 0.245 e. The van der Waals surface area contributed by atoms with Crippen LogP contribution in [-0.4, -0.2) is 54.3 Å². The van der Waals surface area contributed by atoms with E-state index in [0.29, 0.717) is 34.9 Å². The number of rotatable bonds is 7. The fourth-order valence-electron chi connectivity index (χ4n) is 6.17. The number of fused-ring (bicyclic) bond motifs is 2. The standard InChI is InChI=1S/C31H30BrClN6O3/c1-16-8-20(21-13-34-18(3)35-14-21)9-22-28(17(2)40)37-38(29(16)22)15-26(41)39-24(10-31(4)11-25(31)39)30(42)36-12-19-6-5-7-23(33)27(19)32/h5-9,13-14,24-25H,10-12,15H2,1-4H3,(H,36,42)/t24-,25+,31-/m0/s1. The van der Waals surface area contributed by atoms with Crippen LogP contribution in [0.3, 0.4) is 0 Å². The number of hydrogen-bond acceptors (Lipinski definition) is 6. The van der Waals surface area contributed by atoms with E-state index in [1.807, 2.05) is 38.1 Å². The lowest BCUT2D eigenvalue weighted by atomic mass is 10.0. The van der Waals surface area contributed by atoms with Crippen molar-refractivity contribution in [3.05, 3.63) is 74.9 Å². The summed E-state index contributed by atoms with van der Waals surface area (Å²) in [7, 11) is 0. The number of aryl methyl sites for hydroxylation is 2. The van der Waals surface area contributed by atoms with Crippen LogP contribution in [0.25, 0.3) is 22.0 Å². The van der Waals surface area contributed by atoms with Gasteiger partial charge in [-0.3, -0.25) is 19.1 Å². The summed E-state index contributed by atoms with van der Waals surface area (Å²) in [6.07, 6.45) is 4.97. The van der Waals surface area contributed by atoms with Crippen molar-refractivity contribution >= 4 is 56.0 Å². The third kappa shape index (κ3) is 5.00. The minimum absolute atomic E-state index is 0.00185. The van der Waals surface area contributed by atoms with Crippen LogP contribution < -0.4 is 5.32 Å². The zero-order valence-corrected chi connectivity index (χ0v) is 26.1. The zero-order chi connectivity index (χ0) is 29.9. The van der Waals surface area contributed by atoms with Crippen LogP contribution in [0, 0.1) is 19.3 Å². The highest BCUT2D eigenvalue weighted by atomic mass is 79.9. The number of carbonyl (C=O) groups excluding carboxylic acids is 3. The van der Waals surface area contributed by atoms with Crippen molar-refractivity contribution in [2.45, 2.75) is 65.7 Å². The van der Waals surface area contributed by atoms with Crippen molar-refractivity contribution in [1.82, 2.24) is 30.0 Å². The van der Waals surface area contributed by atoms with E-state index >= 15 is 0 Å². The molecule has 2 aromatic heterocycles. The number of amides is 2. The number of halogens is 2. The molecule has 3 atom stereocenters. The molecule has 2 amide bonds. The minimum atomic E-state index is -0.581. The average Bonchev–Trinajstić information content (AvgIpc) is 3.30. The van der Waals surface area contributed by atoms with Crippen molar-refractivity contribution in [3.63, 3.8) is 0 Å². The van der Waals surface area contributed by atoms with E-state index in [-0.39, 0.29) is 35.6 Å². The van der Waals surface area contributed by atoms with E-state index in [1.54, 1.807) is 28.0 Å². The maximum atomic E-state index is 13.9. The molecule has 1 saturated heterocycles. The van der Waals surface area contributed by atoms with Gasteiger partial charge in [-0.2, -0.15) is 5.10 Å². The molecule has 2 aromatic carbocycles. The molecule has 216 valence electrons. The van der Waals surface area contributed by atoms with Crippen molar-refractivity contribution in [2.75, 3.05) is 0 Å². The van der Waals surface area contributed by atoms with Crippen LogP contribution in [0.4, 0.5) is 0 Å². The third-order valence-corrected chi connectivity index (χ3v) is 9.96. The lowest BCUT2D eigenvalue weighted by Gasteiger charge is -2.27. The van der Waals surface area contributed by atoms with Gasteiger partial charge in [0.1, 0.15) is 24.1 Å². The van der Waals surface area contributed by atoms with E-state index in [0.717, 1.165) is 38.7 Å². The number of ketones is 1. The Kier molecular flexibility index (Phi) is 7.17. The molecule has 4 aromatic rings. The second-order valence-electron chi connectivity index (χ2n) is 11.6. The van der Waals surface area contributed by atoms with Gasteiger partial charge >= 0.3 is 0 Å². The Morgan fingerprint density at radius 3 is 2.57 bits per heavy atom. The summed E-state index contributed by atoms with van der Waals surface area (Å²) in [5.74, 6) is 0.0911. The van der Waals surface area contributed by atoms with Crippen LogP contribution in [-0.2, 0) is 22.7 Å². The van der Waals surface area contributed by atoms with Crippen molar-refractivity contribution in [1.29, 1.82) is 0 Å². The van der Waals surface area contributed by atoms with Crippen LogP contribution in [0.15, 0.2) is 47.2 Å². The zero-order valence-electron chi connectivity index (χ0n) is 23.7. The molecule has 2 fully saturated rings. The Morgan fingerprint density at radius 1 is 1.12 bits per heavy atom. The van der Waals surface area contributed by atoms with E-state index in [1.165, 1.54) is 6.92 Å². The second kappa shape index (κ2) is 10.6. The summed E-state index contributed by atoms with van der Waals surface area (Å²) >= 11 is 9.69. The molecule has 1 saturated carbocycles. The monoisotopic (exact) mass is 648 g/mol. The van der Waals surface area contributed by atoms with E-state index in [2.05, 4.69) is 43.2 Å². The van der Waals surface area contributed by atoms with E-state index < -0.39 is 6.04 Å². The first-order chi connectivity index (χ1) is 20.0. The number of nitrogens with zero attached hydrogens (tertiary/aromatic N) is 5. The highest BCUT2D eigenvalue weighted by Crippen LogP contribution is 2.59. The molecule has 1 N–H and O–H groups in total. The van der Waals surface area contributed by atoms with Gasteiger partial charge in [0.05, 0.1) is 10.5 Å². The van der Waals surface area contributed by atoms with Crippen LogP contribution in [0.2, 0.25) is 5.02 Å². The Hall–Kier alpha value is -3.63. The average molecular weight is 650 g/mol. The lowest BCUT2D eigenvalue weighted by Crippen LogP contribution is -2.48.